The van der Waals surface area contributed by atoms with Crippen molar-refractivity contribution in [2.45, 2.75) is 17.7 Å². The van der Waals surface area contributed by atoms with Gasteiger partial charge in [-0.2, -0.15) is 0 Å². The molecule has 4 amide bonds. The first-order valence-corrected chi connectivity index (χ1v) is 9.32. The third-order valence-corrected chi connectivity index (χ3v) is 5.41. The number of amides is 4. The van der Waals surface area contributed by atoms with Crippen molar-refractivity contribution in [3.8, 4) is 0 Å². The van der Waals surface area contributed by atoms with Crippen molar-refractivity contribution >= 4 is 52.8 Å². The van der Waals surface area contributed by atoms with E-state index in [0.29, 0.717) is 34.3 Å². The van der Waals surface area contributed by atoms with Crippen LogP contribution in [0.15, 0.2) is 23.1 Å². The molecular formula is C15H18Cl2N4O3S. The lowest BCUT2D eigenvalue weighted by molar-refractivity contribution is -0.131. The number of nitrogens with one attached hydrogen (secondary N) is 2. The van der Waals surface area contributed by atoms with Crippen molar-refractivity contribution < 1.29 is 14.4 Å². The molecule has 10 heteroatoms. The lowest BCUT2D eigenvalue weighted by atomic mass is 9.98. The molecule has 2 rings (SSSR count). The Bertz CT molecular complexity index is 674. The SMILES string of the molecule is NC(=O)N1CCC[C@H](C(=O)NNC(=O)CSc2cc(Cl)ccc2Cl)C1. The summed E-state index contributed by atoms with van der Waals surface area (Å²) in [4.78, 5) is 37.2. The quantitative estimate of drug-likeness (QED) is 0.527. The van der Waals surface area contributed by atoms with Crippen LogP contribution in [0.4, 0.5) is 4.79 Å². The first kappa shape index (κ1) is 19.7. The minimum Gasteiger partial charge on any atom is -0.351 e. The highest BCUT2D eigenvalue weighted by molar-refractivity contribution is 8.00. The number of nitrogens with two attached hydrogens (primary N) is 1. The Morgan fingerprint density at radius 3 is 2.76 bits per heavy atom. The van der Waals surface area contributed by atoms with E-state index in [9.17, 15) is 14.4 Å². The number of rotatable bonds is 4. The summed E-state index contributed by atoms with van der Waals surface area (Å²) in [5.41, 5.74) is 9.97. The molecule has 1 atom stereocenters. The van der Waals surface area contributed by atoms with E-state index in [1.165, 1.54) is 16.7 Å². The molecule has 1 aromatic rings. The molecule has 1 heterocycles. The molecule has 1 aliphatic heterocycles. The predicted molar refractivity (Wildman–Crippen MR) is 97.4 cm³/mol. The minimum atomic E-state index is -0.545. The highest BCUT2D eigenvalue weighted by Crippen LogP contribution is 2.29. The van der Waals surface area contributed by atoms with E-state index in [4.69, 9.17) is 28.9 Å². The first-order chi connectivity index (χ1) is 11.9. The monoisotopic (exact) mass is 404 g/mol. The fourth-order valence-electron chi connectivity index (χ4n) is 2.39. The Kier molecular flexibility index (Phi) is 7.22. The Labute approximate surface area is 159 Å². The molecule has 1 aliphatic rings. The molecule has 1 aromatic carbocycles. The predicted octanol–water partition coefficient (Wildman–Crippen LogP) is 2.02. The van der Waals surface area contributed by atoms with Gasteiger partial charge in [-0.15, -0.1) is 11.8 Å². The normalized spacial score (nSPS) is 17.0. The van der Waals surface area contributed by atoms with Gasteiger partial charge >= 0.3 is 6.03 Å². The Balaban J connectivity index is 1.76. The summed E-state index contributed by atoms with van der Waals surface area (Å²) < 4.78 is 0. The van der Waals surface area contributed by atoms with E-state index >= 15 is 0 Å². The number of thioether (sulfide) groups is 1. The van der Waals surface area contributed by atoms with E-state index in [2.05, 4.69) is 10.9 Å². The van der Waals surface area contributed by atoms with Crippen LogP contribution in [0, 0.1) is 5.92 Å². The molecule has 0 radical (unpaired) electrons. The van der Waals surface area contributed by atoms with Gasteiger partial charge in [-0.3, -0.25) is 20.4 Å². The number of primary amides is 1. The van der Waals surface area contributed by atoms with Gasteiger partial charge in [0.05, 0.1) is 16.7 Å². The van der Waals surface area contributed by atoms with E-state index in [0.717, 1.165) is 0 Å². The van der Waals surface area contributed by atoms with Gasteiger partial charge in [0, 0.05) is 23.0 Å². The van der Waals surface area contributed by atoms with Crippen molar-refractivity contribution in [2.24, 2.45) is 11.7 Å². The van der Waals surface area contributed by atoms with E-state index in [1.54, 1.807) is 18.2 Å². The van der Waals surface area contributed by atoms with Crippen LogP contribution in [-0.4, -0.2) is 41.6 Å². The van der Waals surface area contributed by atoms with Crippen molar-refractivity contribution in [1.29, 1.82) is 0 Å². The molecule has 136 valence electrons. The van der Waals surface area contributed by atoms with Crippen LogP contribution in [0.25, 0.3) is 0 Å². The topological polar surface area (TPSA) is 105 Å². The summed E-state index contributed by atoms with van der Waals surface area (Å²) in [5.74, 6) is -1.04. The number of piperidine rings is 1. The Morgan fingerprint density at radius 2 is 2.04 bits per heavy atom. The molecule has 0 aromatic heterocycles. The molecule has 0 saturated carbocycles. The maximum atomic E-state index is 12.1. The third-order valence-electron chi connectivity index (χ3n) is 3.68. The zero-order chi connectivity index (χ0) is 18.4. The number of hydrazine groups is 1. The van der Waals surface area contributed by atoms with Crippen molar-refractivity contribution in [3.63, 3.8) is 0 Å². The number of hydrogen-bond donors (Lipinski definition) is 3. The molecule has 1 fully saturated rings. The zero-order valence-electron chi connectivity index (χ0n) is 13.3. The highest BCUT2D eigenvalue weighted by atomic mass is 35.5. The van der Waals surface area contributed by atoms with Crippen LogP contribution in [0.1, 0.15) is 12.8 Å². The van der Waals surface area contributed by atoms with Gasteiger partial charge in [-0.05, 0) is 31.0 Å². The minimum absolute atomic E-state index is 0.0679. The summed E-state index contributed by atoms with van der Waals surface area (Å²) in [6, 6.07) is 4.44. The van der Waals surface area contributed by atoms with E-state index < -0.39 is 11.9 Å². The number of urea groups is 1. The van der Waals surface area contributed by atoms with Crippen molar-refractivity contribution in [1.82, 2.24) is 15.8 Å². The van der Waals surface area contributed by atoms with E-state index in [1.807, 2.05) is 0 Å². The summed E-state index contributed by atoms with van der Waals surface area (Å²) in [6.07, 6.45) is 1.33. The van der Waals surface area contributed by atoms with Gasteiger partial charge in [0.25, 0.3) is 0 Å². The van der Waals surface area contributed by atoms with Gasteiger partial charge in [-0.1, -0.05) is 23.2 Å². The number of hydrogen-bond acceptors (Lipinski definition) is 4. The fourth-order valence-corrected chi connectivity index (χ4v) is 3.68. The number of likely N-dealkylation sites (tertiary alicyclic amines) is 1. The lowest BCUT2D eigenvalue weighted by Gasteiger charge is -2.30. The molecular weight excluding hydrogens is 387 g/mol. The first-order valence-electron chi connectivity index (χ1n) is 7.57. The highest BCUT2D eigenvalue weighted by Gasteiger charge is 2.27. The summed E-state index contributed by atoms with van der Waals surface area (Å²) >= 11 is 13.1. The van der Waals surface area contributed by atoms with Crippen molar-refractivity contribution in [2.75, 3.05) is 18.8 Å². The number of benzene rings is 1. The molecule has 7 nitrogen and oxygen atoms in total. The molecule has 25 heavy (non-hydrogen) atoms. The fraction of sp³-hybridized carbons (Fsp3) is 0.400. The number of carbonyl (C=O) groups is 3. The van der Waals surface area contributed by atoms with Crippen LogP contribution in [0.5, 0.6) is 0 Å². The third kappa shape index (κ3) is 5.98. The summed E-state index contributed by atoms with van der Waals surface area (Å²) in [7, 11) is 0. The molecule has 1 saturated heterocycles. The van der Waals surface area contributed by atoms with Crippen molar-refractivity contribution in [3.05, 3.63) is 28.2 Å². The average Bonchev–Trinajstić information content (AvgIpc) is 2.60. The average molecular weight is 405 g/mol. The van der Waals surface area contributed by atoms with Gasteiger partial charge in [0.2, 0.25) is 11.8 Å². The molecule has 4 N–H and O–H groups in total. The maximum Gasteiger partial charge on any atom is 0.314 e. The Hall–Kier alpha value is -1.64. The maximum absolute atomic E-state index is 12.1. The van der Waals surface area contributed by atoms with Gasteiger partial charge < -0.3 is 10.6 Å². The zero-order valence-corrected chi connectivity index (χ0v) is 15.6. The van der Waals surface area contributed by atoms with Crippen LogP contribution in [-0.2, 0) is 9.59 Å². The molecule has 0 aliphatic carbocycles. The second kappa shape index (κ2) is 9.17. The van der Waals surface area contributed by atoms with Gasteiger partial charge in [0.1, 0.15) is 0 Å². The Morgan fingerprint density at radius 1 is 1.28 bits per heavy atom. The van der Waals surface area contributed by atoms with Crippen LogP contribution in [0.2, 0.25) is 10.0 Å². The second-order valence-electron chi connectivity index (χ2n) is 5.52. The number of carbonyl (C=O) groups excluding carboxylic acids is 3. The smallest absolute Gasteiger partial charge is 0.314 e. The largest absolute Gasteiger partial charge is 0.351 e. The van der Waals surface area contributed by atoms with Gasteiger partial charge in [-0.25, -0.2) is 4.79 Å². The van der Waals surface area contributed by atoms with Crippen LogP contribution < -0.4 is 16.6 Å². The standard InChI is InChI=1S/C15H18Cl2N4O3S/c16-10-3-4-11(17)12(6-10)25-8-13(22)19-20-14(23)9-2-1-5-21(7-9)15(18)24/h3-4,6,9H,1-2,5,7-8H2,(H2,18,24)(H,19,22)(H,20,23)/t9-/m0/s1. The molecule has 0 bridgehead atoms. The van der Waals surface area contributed by atoms with E-state index in [-0.39, 0.29) is 24.1 Å². The van der Waals surface area contributed by atoms with Crippen LogP contribution in [0.3, 0.4) is 0 Å². The number of halogens is 2. The number of nitrogens with zero attached hydrogens (tertiary/aromatic N) is 1. The molecule has 0 unspecified atom stereocenters. The lowest BCUT2D eigenvalue weighted by Crippen LogP contribution is -2.51. The molecule has 0 spiro atoms. The summed E-state index contributed by atoms with van der Waals surface area (Å²) in [6.45, 7) is 0.798. The van der Waals surface area contributed by atoms with Gasteiger partial charge in [0.15, 0.2) is 0 Å². The second-order valence-corrected chi connectivity index (χ2v) is 7.39. The van der Waals surface area contributed by atoms with Crippen LogP contribution >= 0.6 is 35.0 Å². The summed E-state index contributed by atoms with van der Waals surface area (Å²) in [5, 5.41) is 1.02.